The monoisotopic (exact) mass is 297 g/mol. The van der Waals surface area contributed by atoms with Gasteiger partial charge in [0.25, 0.3) is 0 Å². The first-order valence-corrected chi connectivity index (χ1v) is 7.14. The summed E-state index contributed by atoms with van der Waals surface area (Å²) in [7, 11) is 0. The molecule has 0 unspecified atom stereocenters. The van der Waals surface area contributed by atoms with Gasteiger partial charge in [0, 0.05) is 17.7 Å². The van der Waals surface area contributed by atoms with Gasteiger partial charge in [-0.3, -0.25) is 4.79 Å². The van der Waals surface area contributed by atoms with Crippen LogP contribution in [0.15, 0.2) is 42.7 Å². The fourth-order valence-electron chi connectivity index (χ4n) is 2.59. The topological polar surface area (TPSA) is 70.3 Å². The van der Waals surface area contributed by atoms with E-state index in [1.165, 1.54) is 35.7 Å². The number of carbonyl (C=O) groups excluding carboxylic acids is 2. The lowest BCUT2D eigenvalue weighted by atomic mass is 10.0. The van der Waals surface area contributed by atoms with E-state index in [-0.39, 0.29) is 18.0 Å². The number of hydrogen-bond acceptors (Lipinski definition) is 4. The van der Waals surface area contributed by atoms with Gasteiger partial charge in [0.1, 0.15) is 0 Å². The molecule has 1 aromatic carbocycles. The van der Waals surface area contributed by atoms with Gasteiger partial charge in [0.05, 0.1) is 5.56 Å². The van der Waals surface area contributed by atoms with E-state index in [4.69, 9.17) is 4.74 Å². The molecule has 1 heterocycles. The summed E-state index contributed by atoms with van der Waals surface area (Å²) in [6.07, 6.45) is 5.59. The van der Waals surface area contributed by atoms with Gasteiger partial charge in [0.2, 0.25) is 0 Å². The number of Topliss-reactive ketones (excluding diaryl/α,β-unsaturated/α-hetero) is 1. The second kappa shape index (κ2) is 5.97. The second-order valence-corrected chi connectivity index (χ2v) is 5.28. The normalized spacial score (nSPS) is 12.7. The smallest absolute Gasteiger partial charge is 0.339 e. The molecule has 1 aromatic heterocycles. The molecule has 0 atom stereocenters. The molecular formula is C17H15NO4. The molecule has 0 N–H and O–H groups in total. The lowest BCUT2D eigenvalue weighted by Crippen LogP contribution is -2.24. The van der Waals surface area contributed by atoms with Gasteiger partial charge in [-0.15, -0.1) is 0 Å². The zero-order chi connectivity index (χ0) is 15.5. The number of carbonyl (C=O) groups is 2. The minimum atomic E-state index is -0.616. The van der Waals surface area contributed by atoms with Gasteiger partial charge in [-0.05, 0) is 36.5 Å². The predicted octanol–water partition coefficient (Wildman–Crippen LogP) is 1.85. The summed E-state index contributed by atoms with van der Waals surface area (Å²) in [6, 6.07) is 8.36. The number of aromatic nitrogens is 1. The molecule has 0 spiro atoms. The lowest BCUT2D eigenvalue weighted by Gasteiger charge is -2.06. The highest BCUT2D eigenvalue weighted by atomic mass is 16.5. The Kier molecular flexibility index (Phi) is 3.87. The molecule has 0 saturated carbocycles. The van der Waals surface area contributed by atoms with Crippen LogP contribution in [-0.2, 0) is 17.6 Å². The summed E-state index contributed by atoms with van der Waals surface area (Å²) in [4.78, 5) is 23.9. The number of fused-ring (bicyclic) bond motifs is 1. The molecule has 0 bridgehead atoms. The SMILES string of the molecule is O=C(COC(=O)c1cc[n+]([O-])cc1)c1ccc2c(c1)CCC2. The molecule has 1 aliphatic rings. The van der Waals surface area contributed by atoms with Gasteiger partial charge >= 0.3 is 5.97 Å². The Morgan fingerprint density at radius 1 is 1.05 bits per heavy atom. The average Bonchev–Trinajstić information content (AvgIpc) is 3.00. The van der Waals surface area contributed by atoms with Crippen LogP contribution in [0.4, 0.5) is 0 Å². The highest BCUT2D eigenvalue weighted by Crippen LogP contribution is 2.23. The number of ketones is 1. The summed E-state index contributed by atoms with van der Waals surface area (Å²) in [6.45, 7) is -0.302. The number of aryl methyl sites for hydroxylation is 2. The maximum atomic E-state index is 12.1. The molecule has 112 valence electrons. The van der Waals surface area contributed by atoms with Crippen LogP contribution in [0, 0.1) is 5.21 Å². The maximum absolute atomic E-state index is 12.1. The maximum Gasteiger partial charge on any atom is 0.339 e. The molecule has 5 heteroatoms. The molecule has 5 nitrogen and oxygen atoms in total. The van der Waals surface area contributed by atoms with E-state index in [1.807, 2.05) is 12.1 Å². The third-order valence-electron chi connectivity index (χ3n) is 3.79. The molecular weight excluding hydrogens is 282 g/mol. The van der Waals surface area contributed by atoms with Crippen LogP contribution in [0.3, 0.4) is 0 Å². The Bertz CT molecular complexity index is 722. The van der Waals surface area contributed by atoms with Crippen LogP contribution in [0.1, 0.15) is 38.3 Å². The van der Waals surface area contributed by atoms with Crippen molar-refractivity contribution >= 4 is 11.8 Å². The Hall–Kier alpha value is -2.69. The Labute approximate surface area is 127 Å². The van der Waals surface area contributed by atoms with Crippen molar-refractivity contribution in [3.05, 3.63) is 70.2 Å². The first-order valence-electron chi connectivity index (χ1n) is 7.14. The number of nitrogens with zero attached hydrogens (tertiary/aromatic N) is 1. The van der Waals surface area contributed by atoms with Gasteiger partial charge in [-0.2, -0.15) is 4.73 Å². The molecule has 22 heavy (non-hydrogen) atoms. The number of benzene rings is 1. The molecule has 0 fully saturated rings. The number of ether oxygens (including phenoxy) is 1. The van der Waals surface area contributed by atoms with Crippen LogP contribution in [0.2, 0.25) is 0 Å². The third-order valence-corrected chi connectivity index (χ3v) is 3.79. The van der Waals surface area contributed by atoms with E-state index >= 15 is 0 Å². The average molecular weight is 297 g/mol. The van der Waals surface area contributed by atoms with E-state index in [2.05, 4.69) is 0 Å². The van der Waals surface area contributed by atoms with E-state index in [0.717, 1.165) is 19.3 Å². The summed E-state index contributed by atoms with van der Waals surface area (Å²) in [5.41, 5.74) is 3.32. The molecule has 0 saturated heterocycles. The predicted molar refractivity (Wildman–Crippen MR) is 78.5 cm³/mol. The number of esters is 1. The summed E-state index contributed by atoms with van der Waals surface area (Å²) in [5, 5.41) is 10.9. The fourth-order valence-corrected chi connectivity index (χ4v) is 2.59. The molecule has 1 aliphatic carbocycles. The minimum Gasteiger partial charge on any atom is -0.619 e. The minimum absolute atomic E-state index is 0.224. The van der Waals surface area contributed by atoms with Crippen molar-refractivity contribution in [2.75, 3.05) is 6.61 Å². The van der Waals surface area contributed by atoms with Crippen molar-refractivity contribution in [1.82, 2.24) is 0 Å². The Balaban J connectivity index is 1.62. The molecule has 2 aromatic rings. The van der Waals surface area contributed by atoms with Crippen molar-refractivity contribution in [2.45, 2.75) is 19.3 Å². The summed E-state index contributed by atoms with van der Waals surface area (Å²) < 4.78 is 5.58. The Morgan fingerprint density at radius 2 is 1.77 bits per heavy atom. The van der Waals surface area contributed by atoms with E-state index in [9.17, 15) is 14.8 Å². The zero-order valence-corrected chi connectivity index (χ0v) is 12.0. The van der Waals surface area contributed by atoms with Gasteiger partial charge in [-0.25, -0.2) is 4.79 Å². The number of hydrogen-bond donors (Lipinski definition) is 0. The first kappa shape index (κ1) is 14.3. The molecule has 0 amide bonds. The van der Waals surface area contributed by atoms with Crippen molar-refractivity contribution in [1.29, 1.82) is 0 Å². The van der Waals surface area contributed by atoms with Gasteiger partial charge in [0.15, 0.2) is 24.8 Å². The standard InChI is InChI=1S/C17H15NO4/c19-16(15-5-4-12-2-1-3-14(12)10-15)11-22-17(20)13-6-8-18(21)9-7-13/h4-10H,1-3,11H2. The van der Waals surface area contributed by atoms with Crippen molar-refractivity contribution in [3.63, 3.8) is 0 Å². The van der Waals surface area contributed by atoms with Crippen molar-refractivity contribution < 1.29 is 19.1 Å². The van der Waals surface area contributed by atoms with Crippen molar-refractivity contribution in [2.24, 2.45) is 0 Å². The quantitative estimate of drug-likeness (QED) is 0.374. The number of pyridine rings is 1. The van der Waals surface area contributed by atoms with Crippen molar-refractivity contribution in [3.8, 4) is 0 Å². The van der Waals surface area contributed by atoms with Crippen LogP contribution < -0.4 is 4.73 Å². The third kappa shape index (κ3) is 2.98. The first-order chi connectivity index (χ1) is 10.6. The largest absolute Gasteiger partial charge is 0.619 e. The van der Waals surface area contributed by atoms with E-state index < -0.39 is 5.97 Å². The van der Waals surface area contributed by atoms with Crippen LogP contribution in [0.25, 0.3) is 0 Å². The molecule has 0 radical (unpaired) electrons. The highest BCUT2D eigenvalue weighted by molar-refractivity contribution is 5.99. The van der Waals surface area contributed by atoms with Crippen LogP contribution >= 0.6 is 0 Å². The Morgan fingerprint density at radius 3 is 2.55 bits per heavy atom. The van der Waals surface area contributed by atoms with E-state index in [0.29, 0.717) is 10.3 Å². The highest BCUT2D eigenvalue weighted by Gasteiger charge is 2.16. The van der Waals surface area contributed by atoms with Crippen LogP contribution in [-0.4, -0.2) is 18.4 Å². The lowest BCUT2D eigenvalue weighted by molar-refractivity contribution is -0.605. The fraction of sp³-hybridized carbons (Fsp3) is 0.235. The summed E-state index contributed by atoms with van der Waals surface area (Å²) >= 11 is 0. The van der Waals surface area contributed by atoms with Crippen LogP contribution in [0.5, 0.6) is 0 Å². The zero-order valence-electron chi connectivity index (χ0n) is 12.0. The van der Waals surface area contributed by atoms with E-state index in [1.54, 1.807) is 6.07 Å². The molecule has 3 rings (SSSR count). The second-order valence-electron chi connectivity index (χ2n) is 5.28. The number of rotatable bonds is 4. The summed E-state index contributed by atoms with van der Waals surface area (Å²) in [5.74, 6) is -0.840. The van der Waals surface area contributed by atoms with Gasteiger partial charge < -0.3 is 9.94 Å². The molecule has 0 aliphatic heterocycles. The van der Waals surface area contributed by atoms with Gasteiger partial charge in [-0.1, -0.05) is 12.1 Å².